The van der Waals surface area contributed by atoms with Gasteiger partial charge in [-0.25, -0.2) is 18.4 Å². The number of amides is 2. The van der Waals surface area contributed by atoms with Crippen LogP contribution in [0, 0.1) is 24.5 Å². The van der Waals surface area contributed by atoms with Crippen LogP contribution in [-0.4, -0.2) is 89.9 Å². The van der Waals surface area contributed by atoms with Gasteiger partial charge in [0.25, 0.3) is 0 Å². The molecule has 320 valence electrons. The third-order valence-corrected chi connectivity index (χ3v) is 13.3. The summed E-state index contributed by atoms with van der Waals surface area (Å²) in [5, 5.41) is 18.2. The lowest BCUT2D eigenvalue weighted by Crippen LogP contribution is -2.47. The average molecular weight is 833 g/mol. The maximum absolute atomic E-state index is 15.3. The molecule has 14 heteroatoms. The van der Waals surface area contributed by atoms with Crippen LogP contribution in [0.2, 0.25) is 0 Å². The summed E-state index contributed by atoms with van der Waals surface area (Å²) < 4.78 is 40.9. The van der Waals surface area contributed by atoms with Gasteiger partial charge in [-0.2, -0.15) is 5.10 Å². The molecule has 7 heterocycles. The minimum atomic E-state index is -0.986. The highest BCUT2D eigenvalue weighted by Gasteiger charge is 2.34. The second kappa shape index (κ2) is 17.1. The number of halogens is 2. The molecule has 2 atom stereocenters. The number of hydrogen-bond donors (Lipinski definition) is 2. The lowest BCUT2D eigenvalue weighted by atomic mass is 9.84. The van der Waals surface area contributed by atoms with Crippen LogP contribution in [0.15, 0.2) is 48.7 Å². The summed E-state index contributed by atoms with van der Waals surface area (Å²) in [4.78, 5) is 38.8. The van der Waals surface area contributed by atoms with Gasteiger partial charge in [-0.1, -0.05) is 13.0 Å². The summed E-state index contributed by atoms with van der Waals surface area (Å²) >= 11 is 0. The van der Waals surface area contributed by atoms with Crippen molar-refractivity contribution in [2.45, 2.75) is 96.2 Å². The third-order valence-electron chi connectivity index (χ3n) is 13.3. The first-order valence-electron chi connectivity index (χ1n) is 21.8. The second-order valence-corrected chi connectivity index (χ2v) is 17.6. The van der Waals surface area contributed by atoms with E-state index in [4.69, 9.17) is 14.7 Å². The molecule has 0 unspecified atom stereocenters. The molecule has 0 radical (unpaired) electrons. The van der Waals surface area contributed by atoms with Crippen LogP contribution in [0.5, 0.6) is 5.88 Å². The highest BCUT2D eigenvalue weighted by Crippen LogP contribution is 2.37. The van der Waals surface area contributed by atoms with Gasteiger partial charge < -0.3 is 19.3 Å². The highest BCUT2D eigenvalue weighted by molar-refractivity contribution is 6.01. The Labute approximate surface area is 354 Å². The van der Waals surface area contributed by atoms with E-state index in [1.807, 2.05) is 26.1 Å². The summed E-state index contributed by atoms with van der Waals surface area (Å²) in [5.41, 5.74) is 6.49. The predicted octanol–water partition coefficient (Wildman–Crippen LogP) is 7.65. The van der Waals surface area contributed by atoms with Crippen molar-refractivity contribution < 1.29 is 28.2 Å². The Morgan fingerprint density at radius 1 is 0.934 bits per heavy atom. The molecule has 9 rings (SSSR count). The molecule has 61 heavy (non-hydrogen) atoms. The van der Waals surface area contributed by atoms with E-state index in [-0.39, 0.29) is 30.1 Å². The number of nitrogens with zero attached hydrogens (tertiary/aromatic N) is 7. The number of aryl methyl sites for hydroxylation is 2. The highest BCUT2D eigenvalue weighted by atomic mass is 19.1. The van der Waals surface area contributed by atoms with Crippen LogP contribution in [0.25, 0.3) is 34.1 Å². The molecular formula is C47H54F2N8O4. The third kappa shape index (κ3) is 8.57. The van der Waals surface area contributed by atoms with E-state index in [1.54, 1.807) is 17.0 Å². The van der Waals surface area contributed by atoms with E-state index in [0.29, 0.717) is 47.1 Å². The molecule has 4 aliphatic rings. The van der Waals surface area contributed by atoms with Crippen LogP contribution >= 0.6 is 0 Å². The Balaban J connectivity index is 0.856. The van der Waals surface area contributed by atoms with Crippen LogP contribution in [0.3, 0.4) is 0 Å². The van der Waals surface area contributed by atoms with Crippen LogP contribution in [0.1, 0.15) is 104 Å². The minimum Gasteiger partial charge on any atom is -0.507 e. The zero-order valence-electron chi connectivity index (χ0n) is 35.2. The summed E-state index contributed by atoms with van der Waals surface area (Å²) in [7, 11) is 1.86. The molecular weight excluding hydrogens is 779 g/mol. The molecule has 3 aromatic heterocycles. The fraction of sp³-hybridized carbons (Fsp3) is 0.468. The van der Waals surface area contributed by atoms with E-state index in [2.05, 4.69) is 49.9 Å². The number of fused-ring (bicyclic) bond motifs is 7. The Morgan fingerprint density at radius 2 is 1.70 bits per heavy atom. The van der Waals surface area contributed by atoms with Crippen LogP contribution < -0.4 is 10.1 Å². The predicted molar refractivity (Wildman–Crippen MR) is 229 cm³/mol. The Bertz CT molecular complexity index is 2470. The molecule has 0 spiro atoms. The average Bonchev–Trinajstić information content (AvgIpc) is 3.77. The number of pyridine rings is 1. The maximum atomic E-state index is 15.3. The van der Waals surface area contributed by atoms with Crippen molar-refractivity contribution in [3.8, 4) is 17.1 Å². The van der Waals surface area contributed by atoms with Gasteiger partial charge in [0.2, 0.25) is 17.7 Å². The SMILES string of the molecule is Cc1cc2cc(n1)-c1cnn(C)c1OCCC[C@@H](C)Cn1c(nc3ccc(CN4CCC(N5CCC(c6cc(F)c([C@H]7CCC(=O)NC7=O)c(F)c6)CC5)CC4)cc31)/C=C/2O. The van der Waals surface area contributed by atoms with Gasteiger partial charge in [-0.15, -0.1) is 0 Å². The number of imidazole rings is 1. The summed E-state index contributed by atoms with van der Waals surface area (Å²) in [5.74, 6) is -1.56. The zero-order chi connectivity index (χ0) is 42.4. The molecule has 3 saturated heterocycles. The first-order chi connectivity index (χ1) is 29.5. The number of carbonyl (C=O) groups is 2. The molecule has 0 aliphatic carbocycles. The number of benzene rings is 2. The fourth-order valence-corrected chi connectivity index (χ4v) is 9.96. The van der Waals surface area contributed by atoms with E-state index >= 15 is 8.78 Å². The molecule has 3 fully saturated rings. The first-order valence-corrected chi connectivity index (χ1v) is 21.8. The number of rotatable bonds is 5. The number of nitrogens with one attached hydrogen (secondary N) is 1. The molecule has 12 nitrogen and oxygen atoms in total. The molecule has 0 saturated carbocycles. The van der Waals surface area contributed by atoms with Crippen LogP contribution in [0.4, 0.5) is 8.78 Å². The normalized spacial score (nSPS) is 22.4. The summed E-state index contributed by atoms with van der Waals surface area (Å²) in [6, 6.07) is 13.6. The second-order valence-electron chi connectivity index (χ2n) is 17.6. The molecule has 5 aromatic rings. The largest absolute Gasteiger partial charge is 0.507 e. The van der Waals surface area contributed by atoms with E-state index in [1.165, 1.54) is 17.7 Å². The van der Waals surface area contributed by atoms with Crippen molar-refractivity contribution in [1.29, 1.82) is 0 Å². The number of imide groups is 1. The molecule has 2 aromatic carbocycles. The smallest absolute Gasteiger partial charge is 0.234 e. The van der Waals surface area contributed by atoms with Gasteiger partial charge in [0.1, 0.15) is 23.2 Å². The standard InChI is InChI=1S/C47H54F2N8O4/c1-28-5-4-18-61-47-36(25-50-54(47)3)40-23-33(19-29(2)51-40)42(58)24-43-52-39-8-6-30(20-41(39)57(43)26-28)27-55-14-12-34(13-15-55)56-16-10-31(11-17-56)32-21-37(48)45(38(49)22-32)35-7-9-44(59)53-46(35)60/h6,8,19-25,28,31,34-35,58H,4-5,7,9-18,26-27H2,1-3H3,(H,53,59,60)/b42-24-/t28-,35-/m1/s1. The Morgan fingerprint density at radius 3 is 2.46 bits per heavy atom. The molecule has 4 aliphatic heterocycles. The molecule has 2 bridgehead atoms. The fourth-order valence-electron chi connectivity index (χ4n) is 9.96. The maximum Gasteiger partial charge on any atom is 0.234 e. The molecule has 2 amide bonds. The number of hydrogen-bond acceptors (Lipinski definition) is 9. The monoisotopic (exact) mass is 832 g/mol. The summed E-state index contributed by atoms with van der Waals surface area (Å²) in [6.07, 6.45) is 9.31. The number of aliphatic hydroxyl groups is 1. The van der Waals surface area contributed by atoms with Crippen molar-refractivity contribution in [1.82, 2.24) is 39.4 Å². The minimum absolute atomic E-state index is 0.0511. The number of piperidine rings is 3. The number of aromatic nitrogens is 5. The number of carbonyl (C=O) groups excluding carboxylic acids is 2. The van der Waals surface area contributed by atoms with Gasteiger partial charge >= 0.3 is 0 Å². The van der Waals surface area contributed by atoms with Gasteiger partial charge in [0.05, 0.1) is 41.0 Å². The summed E-state index contributed by atoms with van der Waals surface area (Å²) in [6.45, 7) is 10.0. The lowest BCUT2D eigenvalue weighted by molar-refractivity contribution is -0.134. The van der Waals surface area contributed by atoms with Crippen LogP contribution in [-0.2, 0) is 29.7 Å². The van der Waals surface area contributed by atoms with E-state index in [9.17, 15) is 14.7 Å². The molecule has 2 N–H and O–H groups in total. The van der Waals surface area contributed by atoms with Gasteiger partial charge in [0, 0.05) is 55.5 Å². The van der Waals surface area contributed by atoms with Gasteiger partial charge in [0.15, 0.2) is 0 Å². The Hall–Kier alpha value is -5.47. The van der Waals surface area contributed by atoms with Crippen molar-refractivity contribution in [2.75, 3.05) is 32.8 Å². The van der Waals surface area contributed by atoms with E-state index in [0.717, 1.165) is 100 Å². The van der Waals surface area contributed by atoms with Crippen molar-refractivity contribution in [2.24, 2.45) is 13.0 Å². The quantitative estimate of drug-likeness (QED) is 0.172. The number of aliphatic hydroxyl groups excluding tert-OH is 1. The first kappa shape index (κ1) is 40.9. The van der Waals surface area contributed by atoms with Crippen molar-refractivity contribution in [3.05, 3.63) is 94.1 Å². The Kier molecular flexibility index (Phi) is 11.5. The zero-order valence-corrected chi connectivity index (χ0v) is 35.2. The van der Waals surface area contributed by atoms with Crippen molar-refractivity contribution >= 4 is 34.7 Å². The topological polar surface area (TPSA) is 131 Å². The van der Waals surface area contributed by atoms with Gasteiger partial charge in [-0.3, -0.25) is 24.8 Å². The number of likely N-dealkylation sites (tertiary alicyclic amines) is 2. The van der Waals surface area contributed by atoms with E-state index < -0.39 is 29.4 Å². The number of ether oxygens (including phenoxy) is 1. The van der Waals surface area contributed by atoms with Crippen molar-refractivity contribution in [3.63, 3.8) is 0 Å². The lowest BCUT2D eigenvalue weighted by Gasteiger charge is -2.42. The van der Waals surface area contributed by atoms with Gasteiger partial charge in [-0.05, 0) is 137 Å².